The van der Waals surface area contributed by atoms with Gasteiger partial charge in [-0.3, -0.25) is 9.59 Å². The van der Waals surface area contributed by atoms with Crippen molar-refractivity contribution >= 4 is 29.3 Å². The highest BCUT2D eigenvalue weighted by atomic mass is 32.2. The third-order valence-corrected chi connectivity index (χ3v) is 8.38. The Kier molecular flexibility index (Phi) is 7.20. The minimum absolute atomic E-state index is 0.0238. The van der Waals surface area contributed by atoms with Crippen LogP contribution in [0.25, 0.3) is 0 Å². The molecule has 3 aromatic carbocycles. The fourth-order valence-corrected chi connectivity index (χ4v) is 6.06. The Balaban J connectivity index is 1.30. The summed E-state index contributed by atoms with van der Waals surface area (Å²) in [6.45, 7) is 2.04. The Labute approximate surface area is 234 Å². The van der Waals surface area contributed by atoms with Crippen molar-refractivity contribution < 1.29 is 24.2 Å². The lowest BCUT2D eigenvalue weighted by molar-refractivity contribution is -0.268. The molecule has 4 unspecified atom stereocenters. The first-order valence-corrected chi connectivity index (χ1v) is 13.9. The third-order valence-electron chi connectivity index (χ3n) is 7.28. The van der Waals surface area contributed by atoms with E-state index in [1.165, 1.54) is 16.7 Å². The number of fused-ring (bicyclic) bond motifs is 1. The average Bonchev–Trinajstić information content (AvgIpc) is 3.51. The van der Waals surface area contributed by atoms with Gasteiger partial charge in [0, 0.05) is 24.3 Å². The number of imide groups is 1. The number of aryl methyl sites for hydroxylation is 1. The molecule has 0 spiro atoms. The van der Waals surface area contributed by atoms with Gasteiger partial charge in [0.2, 0.25) is 5.16 Å². The van der Waals surface area contributed by atoms with Crippen molar-refractivity contribution in [1.29, 1.82) is 0 Å². The van der Waals surface area contributed by atoms with Crippen LogP contribution in [-0.4, -0.2) is 49.0 Å². The highest BCUT2D eigenvalue weighted by Crippen LogP contribution is 2.43. The zero-order valence-corrected chi connectivity index (χ0v) is 22.7. The van der Waals surface area contributed by atoms with Gasteiger partial charge in [0.1, 0.15) is 0 Å². The second-order valence-corrected chi connectivity index (χ2v) is 10.8. The quantitative estimate of drug-likeness (QED) is 0.265. The molecule has 1 saturated heterocycles. The highest BCUT2D eigenvalue weighted by molar-refractivity contribution is 7.99. The molecule has 3 heterocycles. The predicted octanol–water partition coefficient (Wildman–Crippen LogP) is 4.09. The molecular formula is C29H27N5O5S. The van der Waals surface area contributed by atoms with Crippen LogP contribution in [0, 0.1) is 5.92 Å². The maximum Gasteiger partial charge on any atom is 0.266 e. The maximum absolute atomic E-state index is 13.1. The molecule has 10 nitrogen and oxygen atoms in total. The minimum atomic E-state index is -0.753. The number of aliphatic hydroxyl groups excluding tert-OH is 1. The topological polar surface area (TPSA) is 120 Å². The van der Waals surface area contributed by atoms with Gasteiger partial charge in [-0.15, -0.1) is 5.10 Å². The second-order valence-electron chi connectivity index (χ2n) is 9.80. The molecule has 0 bridgehead atoms. The van der Waals surface area contributed by atoms with E-state index in [0.29, 0.717) is 33.3 Å². The Morgan fingerprint density at radius 1 is 0.925 bits per heavy atom. The summed E-state index contributed by atoms with van der Waals surface area (Å²) in [6, 6.07) is 21.7. The van der Waals surface area contributed by atoms with E-state index in [1.807, 2.05) is 30.3 Å². The fourth-order valence-electron chi connectivity index (χ4n) is 5.04. The van der Waals surface area contributed by atoms with Crippen molar-refractivity contribution in [3.8, 4) is 0 Å². The van der Waals surface area contributed by atoms with E-state index in [1.54, 1.807) is 54.2 Å². The largest absolute Gasteiger partial charge is 0.392 e. The number of ether oxygens (including phenoxy) is 2. The standard InChI is InChI=1S/C29H27N5O5S/c1-17-24(16-40-29-30-31-32-33(29)2)38-28(39-25(17)19-12-10-18(15-35)11-13-19)20-6-5-7-21(14-20)34-26(36)22-8-3-4-9-23(22)27(34)37/h3-14,17,24-25,28,35H,15-16H2,1-2H3. The number of aliphatic hydroxyl groups is 1. The van der Waals surface area contributed by atoms with Crippen molar-refractivity contribution in [1.82, 2.24) is 20.2 Å². The number of tetrazole rings is 1. The van der Waals surface area contributed by atoms with Crippen LogP contribution in [0.5, 0.6) is 0 Å². The van der Waals surface area contributed by atoms with Crippen LogP contribution < -0.4 is 4.90 Å². The summed E-state index contributed by atoms with van der Waals surface area (Å²) in [6.07, 6.45) is -1.29. The molecule has 1 N–H and O–H groups in total. The molecule has 40 heavy (non-hydrogen) atoms. The molecule has 6 rings (SSSR count). The van der Waals surface area contributed by atoms with Gasteiger partial charge in [-0.1, -0.05) is 67.2 Å². The van der Waals surface area contributed by atoms with Gasteiger partial charge in [-0.2, -0.15) is 0 Å². The Bertz CT molecular complexity index is 1520. The van der Waals surface area contributed by atoms with E-state index >= 15 is 0 Å². The summed E-state index contributed by atoms with van der Waals surface area (Å²) in [5.41, 5.74) is 3.69. The number of aromatic nitrogens is 4. The number of rotatable bonds is 7. The number of amides is 2. The summed E-state index contributed by atoms with van der Waals surface area (Å²) in [4.78, 5) is 27.4. The number of carbonyl (C=O) groups is 2. The van der Waals surface area contributed by atoms with Gasteiger partial charge in [-0.25, -0.2) is 9.58 Å². The number of hydrogen-bond donors (Lipinski definition) is 1. The maximum atomic E-state index is 13.1. The van der Waals surface area contributed by atoms with Gasteiger partial charge in [0.15, 0.2) is 6.29 Å². The average molecular weight is 558 g/mol. The number of nitrogens with zero attached hydrogens (tertiary/aromatic N) is 5. The van der Waals surface area contributed by atoms with Gasteiger partial charge in [0.05, 0.1) is 35.6 Å². The first kappa shape index (κ1) is 26.3. The first-order valence-electron chi connectivity index (χ1n) is 12.9. The summed E-state index contributed by atoms with van der Waals surface area (Å²) in [5.74, 6) is -0.154. The van der Waals surface area contributed by atoms with Crippen molar-refractivity contribution in [2.75, 3.05) is 10.7 Å². The Morgan fingerprint density at radius 2 is 1.65 bits per heavy atom. The van der Waals surface area contributed by atoms with Crippen molar-refractivity contribution in [3.63, 3.8) is 0 Å². The van der Waals surface area contributed by atoms with Crippen LogP contribution in [0.15, 0.2) is 78.0 Å². The van der Waals surface area contributed by atoms with Crippen LogP contribution in [0.4, 0.5) is 5.69 Å². The van der Waals surface area contributed by atoms with Crippen molar-refractivity contribution in [2.24, 2.45) is 13.0 Å². The molecule has 1 fully saturated rings. The Hall–Kier alpha value is -3.90. The van der Waals surface area contributed by atoms with E-state index in [2.05, 4.69) is 22.4 Å². The normalized spacial score (nSPS) is 22.5. The summed E-state index contributed by atoms with van der Waals surface area (Å²) < 4.78 is 14.7. The van der Waals surface area contributed by atoms with Crippen LogP contribution in [0.3, 0.4) is 0 Å². The number of anilines is 1. The van der Waals surface area contributed by atoms with E-state index < -0.39 is 6.29 Å². The lowest BCUT2D eigenvalue weighted by Crippen LogP contribution is -2.38. The molecule has 0 saturated carbocycles. The zero-order chi connectivity index (χ0) is 27.8. The molecule has 204 valence electrons. The molecule has 2 amide bonds. The molecule has 0 radical (unpaired) electrons. The molecule has 1 aromatic heterocycles. The van der Waals surface area contributed by atoms with Gasteiger partial charge in [-0.05, 0) is 45.8 Å². The Morgan fingerprint density at radius 3 is 2.30 bits per heavy atom. The summed E-state index contributed by atoms with van der Waals surface area (Å²) in [7, 11) is 1.79. The molecular weight excluding hydrogens is 530 g/mol. The highest BCUT2D eigenvalue weighted by Gasteiger charge is 2.40. The monoisotopic (exact) mass is 557 g/mol. The zero-order valence-electron chi connectivity index (χ0n) is 21.9. The predicted molar refractivity (Wildman–Crippen MR) is 147 cm³/mol. The number of thioether (sulfide) groups is 1. The van der Waals surface area contributed by atoms with Gasteiger partial charge in [0.25, 0.3) is 11.8 Å². The summed E-state index contributed by atoms with van der Waals surface area (Å²) in [5, 5.41) is 21.9. The molecule has 2 aliphatic heterocycles. The number of benzene rings is 3. The van der Waals surface area contributed by atoms with Gasteiger partial charge >= 0.3 is 0 Å². The third kappa shape index (κ3) is 4.81. The lowest BCUT2D eigenvalue weighted by Gasteiger charge is -2.41. The second kappa shape index (κ2) is 10.9. The van der Waals surface area contributed by atoms with Gasteiger partial charge < -0.3 is 14.6 Å². The molecule has 11 heteroatoms. The van der Waals surface area contributed by atoms with E-state index in [0.717, 1.165) is 11.1 Å². The minimum Gasteiger partial charge on any atom is -0.392 e. The SMILES string of the molecule is CC1C(CSc2nnnn2C)OC(c2cccc(N3C(=O)c4ccccc4C3=O)c2)OC1c1ccc(CO)cc1. The molecule has 4 aromatic rings. The van der Waals surface area contributed by atoms with E-state index in [-0.39, 0.29) is 36.5 Å². The van der Waals surface area contributed by atoms with Crippen LogP contribution in [0.1, 0.15) is 56.7 Å². The van der Waals surface area contributed by atoms with Crippen molar-refractivity contribution in [3.05, 3.63) is 101 Å². The summed E-state index contributed by atoms with van der Waals surface area (Å²) >= 11 is 1.50. The fraction of sp³-hybridized carbons (Fsp3) is 0.276. The van der Waals surface area contributed by atoms with E-state index in [4.69, 9.17) is 9.47 Å². The molecule has 0 aliphatic carbocycles. The van der Waals surface area contributed by atoms with Crippen LogP contribution in [-0.2, 0) is 23.1 Å². The first-order chi connectivity index (χ1) is 19.4. The smallest absolute Gasteiger partial charge is 0.266 e. The molecule has 4 atom stereocenters. The van der Waals surface area contributed by atoms with Crippen LogP contribution >= 0.6 is 11.8 Å². The number of hydrogen-bond acceptors (Lipinski definition) is 9. The van der Waals surface area contributed by atoms with E-state index in [9.17, 15) is 14.7 Å². The number of carbonyl (C=O) groups excluding carboxylic acids is 2. The van der Waals surface area contributed by atoms with Crippen LogP contribution in [0.2, 0.25) is 0 Å². The molecule has 2 aliphatic rings. The lowest BCUT2D eigenvalue weighted by atomic mass is 9.91. The van der Waals surface area contributed by atoms with Crippen molar-refractivity contribution in [2.45, 2.75) is 37.2 Å².